The molecule has 1 saturated carbocycles. The number of amides is 1. The lowest BCUT2D eigenvalue weighted by Gasteiger charge is -2.09. The van der Waals surface area contributed by atoms with E-state index in [0.717, 1.165) is 40.8 Å². The summed E-state index contributed by atoms with van der Waals surface area (Å²) in [7, 11) is 0. The topological polar surface area (TPSA) is 59.8 Å². The first kappa shape index (κ1) is 17.0. The monoisotopic (exact) mass is 344 g/mol. The first-order valence-corrected chi connectivity index (χ1v) is 9.49. The standard InChI is InChI=1S/C18H24N4OS/c1-4-7-22-17(14-5-6-14)20-21-18(22)24-11-16(23)19-15-9-12(2)8-13(3)10-15/h8-10,14H,4-7,11H2,1-3H3,(H,19,23). The molecule has 3 rings (SSSR count). The molecule has 6 heteroatoms. The van der Waals surface area contributed by atoms with Gasteiger partial charge in [-0.1, -0.05) is 24.8 Å². The second-order valence-electron chi connectivity index (χ2n) is 6.48. The first-order chi connectivity index (χ1) is 11.6. The number of hydrogen-bond donors (Lipinski definition) is 1. The van der Waals surface area contributed by atoms with Gasteiger partial charge in [0, 0.05) is 18.2 Å². The Morgan fingerprint density at radius 1 is 1.25 bits per heavy atom. The van der Waals surface area contributed by atoms with E-state index < -0.39 is 0 Å². The van der Waals surface area contributed by atoms with Crippen LogP contribution in [0.2, 0.25) is 0 Å². The highest BCUT2D eigenvalue weighted by Gasteiger charge is 2.30. The van der Waals surface area contributed by atoms with Crippen LogP contribution in [0.4, 0.5) is 5.69 Å². The second-order valence-corrected chi connectivity index (χ2v) is 7.42. The molecule has 1 heterocycles. The smallest absolute Gasteiger partial charge is 0.234 e. The van der Waals surface area contributed by atoms with Gasteiger partial charge in [-0.3, -0.25) is 4.79 Å². The molecule has 0 radical (unpaired) electrons. The zero-order valence-electron chi connectivity index (χ0n) is 14.5. The summed E-state index contributed by atoms with van der Waals surface area (Å²) in [4.78, 5) is 12.2. The third-order valence-electron chi connectivity index (χ3n) is 3.97. The van der Waals surface area contributed by atoms with Gasteiger partial charge in [-0.05, 0) is 56.4 Å². The lowest BCUT2D eigenvalue weighted by molar-refractivity contribution is -0.113. The minimum Gasteiger partial charge on any atom is -0.325 e. The summed E-state index contributed by atoms with van der Waals surface area (Å²) < 4.78 is 2.19. The van der Waals surface area contributed by atoms with E-state index in [2.05, 4.69) is 33.1 Å². The molecule has 1 fully saturated rings. The van der Waals surface area contributed by atoms with Gasteiger partial charge in [0.1, 0.15) is 5.82 Å². The second kappa shape index (κ2) is 7.38. The molecule has 0 unspecified atom stereocenters. The van der Waals surface area contributed by atoms with Gasteiger partial charge in [0.25, 0.3) is 0 Å². The number of benzene rings is 1. The number of aromatic nitrogens is 3. The van der Waals surface area contributed by atoms with Crippen molar-refractivity contribution in [3.8, 4) is 0 Å². The summed E-state index contributed by atoms with van der Waals surface area (Å²) in [6.07, 6.45) is 3.46. The average molecular weight is 344 g/mol. The maximum atomic E-state index is 12.2. The molecule has 0 spiro atoms. The van der Waals surface area contributed by atoms with Crippen LogP contribution < -0.4 is 5.32 Å². The van der Waals surface area contributed by atoms with Crippen LogP contribution >= 0.6 is 11.8 Å². The molecule has 24 heavy (non-hydrogen) atoms. The summed E-state index contributed by atoms with van der Waals surface area (Å²) in [5, 5.41) is 12.5. The molecular weight excluding hydrogens is 320 g/mol. The third-order valence-corrected chi connectivity index (χ3v) is 4.94. The minimum absolute atomic E-state index is 0.0102. The highest BCUT2D eigenvalue weighted by atomic mass is 32.2. The van der Waals surface area contributed by atoms with Gasteiger partial charge in [-0.15, -0.1) is 10.2 Å². The van der Waals surface area contributed by atoms with E-state index in [1.165, 1.54) is 24.6 Å². The van der Waals surface area contributed by atoms with Crippen LogP contribution in [0, 0.1) is 13.8 Å². The molecule has 0 aliphatic heterocycles. The highest BCUT2D eigenvalue weighted by Crippen LogP contribution is 2.40. The van der Waals surface area contributed by atoms with E-state index in [9.17, 15) is 4.79 Å². The van der Waals surface area contributed by atoms with E-state index in [1.807, 2.05) is 26.0 Å². The number of anilines is 1. The Labute approximate surface area is 147 Å². The quantitative estimate of drug-likeness (QED) is 0.774. The molecule has 1 aliphatic rings. The fraction of sp³-hybridized carbons (Fsp3) is 0.500. The zero-order chi connectivity index (χ0) is 17.1. The minimum atomic E-state index is -0.0102. The fourth-order valence-corrected chi connectivity index (χ4v) is 3.63. The van der Waals surface area contributed by atoms with E-state index in [-0.39, 0.29) is 5.91 Å². The zero-order valence-corrected chi connectivity index (χ0v) is 15.3. The molecule has 1 amide bonds. The number of nitrogens with one attached hydrogen (secondary N) is 1. The van der Waals surface area contributed by atoms with Crippen molar-refractivity contribution in [2.75, 3.05) is 11.1 Å². The van der Waals surface area contributed by atoms with Crippen molar-refractivity contribution in [1.82, 2.24) is 14.8 Å². The summed E-state index contributed by atoms with van der Waals surface area (Å²) in [5.74, 6) is 2.00. The highest BCUT2D eigenvalue weighted by molar-refractivity contribution is 7.99. The number of carbonyl (C=O) groups is 1. The van der Waals surface area contributed by atoms with Crippen molar-refractivity contribution in [2.45, 2.75) is 57.7 Å². The van der Waals surface area contributed by atoms with Gasteiger partial charge in [-0.25, -0.2) is 0 Å². The van der Waals surface area contributed by atoms with Gasteiger partial charge in [-0.2, -0.15) is 0 Å². The van der Waals surface area contributed by atoms with Crippen LogP contribution in [0.5, 0.6) is 0 Å². The van der Waals surface area contributed by atoms with Crippen LogP contribution in [0.25, 0.3) is 0 Å². The van der Waals surface area contributed by atoms with Gasteiger partial charge in [0.05, 0.1) is 5.75 Å². The van der Waals surface area contributed by atoms with Crippen molar-refractivity contribution in [1.29, 1.82) is 0 Å². The van der Waals surface area contributed by atoms with E-state index in [1.54, 1.807) is 0 Å². The SMILES string of the molecule is CCCn1c(SCC(=O)Nc2cc(C)cc(C)c2)nnc1C1CC1. The third kappa shape index (κ3) is 4.17. The molecule has 5 nitrogen and oxygen atoms in total. The number of rotatable bonds is 7. The fourth-order valence-electron chi connectivity index (χ4n) is 2.86. The molecule has 1 N–H and O–H groups in total. The van der Waals surface area contributed by atoms with Crippen molar-refractivity contribution < 1.29 is 4.79 Å². The van der Waals surface area contributed by atoms with E-state index in [4.69, 9.17) is 0 Å². The van der Waals surface area contributed by atoms with Gasteiger partial charge >= 0.3 is 0 Å². The van der Waals surface area contributed by atoms with Crippen molar-refractivity contribution >= 4 is 23.4 Å². The van der Waals surface area contributed by atoms with Crippen molar-refractivity contribution in [2.24, 2.45) is 0 Å². The maximum Gasteiger partial charge on any atom is 0.234 e. The van der Waals surface area contributed by atoms with E-state index >= 15 is 0 Å². The van der Waals surface area contributed by atoms with Crippen LogP contribution in [0.3, 0.4) is 0 Å². The van der Waals surface area contributed by atoms with E-state index in [0.29, 0.717) is 11.7 Å². The Hall–Kier alpha value is -1.82. The molecule has 1 aromatic carbocycles. The Morgan fingerprint density at radius 2 is 1.96 bits per heavy atom. The number of carbonyl (C=O) groups excluding carboxylic acids is 1. The molecule has 1 aromatic heterocycles. The molecule has 0 saturated heterocycles. The van der Waals surface area contributed by atoms with Gasteiger partial charge in [0.2, 0.25) is 5.91 Å². The van der Waals surface area contributed by atoms with Crippen molar-refractivity contribution in [3.05, 3.63) is 35.2 Å². The molecular formula is C18H24N4OS. The van der Waals surface area contributed by atoms with Gasteiger partial charge < -0.3 is 9.88 Å². The van der Waals surface area contributed by atoms with Crippen LogP contribution in [-0.2, 0) is 11.3 Å². The Morgan fingerprint density at radius 3 is 2.58 bits per heavy atom. The Kier molecular flexibility index (Phi) is 5.23. The first-order valence-electron chi connectivity index (χ1n) is 8.51. The van der Waals surface area contributed by atoms with Crippen molar-refractivity contribution in [3.63, 3.8) is 0 Å². The molecule has 2 aromatic rings. The molecule has 1 aliphatic carbocycles. The molecule has 128 valence electrons. The largest absolute Gasteiger partial charge is 0.325 e. The van der Waals surface area contributed by atoms with Crippen LogP contribution in [0.15, 0.2) is 23.4 Å². The summed E-state index contributed by atoms with van der Waals surface area (Å²) >= 11 is 1.47. The Bertz CT molecular complexity index is 716. The summed E-state index contributed by atoms with van der Waals surface area (Å²) in [6, 6.07) is 6.07. The van der Waals surface area contributed by atoms with Gasteiger partial charge in [0.15, 0.2) is 5.16 Å². The summed E-state index contributed by atoms with van der Waals surface area (Å²) in [6.45, 7) is 7.13. The number of thioether (sulfide) groups is 1. The molecule has 0 bridgehead atoms. The number of hydrogen-bond acceptors (Lipinski definition) is 4. The maximum absolute atomic E-state index is 12.2. The Balaban J connectivity index is 1.61. The summed E-state index contributed by atoms with van der Waals surface area (Å²) in [5.41, 5.74) is 3.15. The molecule has 0 atom stereocenters. The normalized spacial score (nSPS) is 14.0. The van der Waals surface area contributed by atoms with Crippen LogP contribution in [-0.4, -0.2) is 26.4 Å². The lowest BCUT2D eigenvalue weighted by atomic mass is 10.1. The predicted octanol–water partition coefficient (Wildman–Crippen LogP) is 3.91. The predicted molar refractivity (Wildman–Crippen MR) is 97.6 cm³/mol. The lowest BCUT2D eigenvalue weighted by Crippen LogP contribution is -2.15. The average Bonchev–Trinajstić information content (AvgIpc) is 3.27. The number of nitrogens with zero attached hydrogens (tertiary/aromatic N) is 3. The number of aryl methyl sites for hydroxylation is 2. The van der Waals surface area contributed by atoms with Crippen LogP contribution in [0.1, 0.15) is 49.1 Å².